The van der Waals surface area contributed by atoms with Crippen LogP contribution in [0.25, 0.3) is 11.4 Å². The van der Waals surface area contributed by atoms with Gasteiger partial charge in [-0.15, -0.1) is 0 Å². The largest absolute Gasteiger partial charge is 0.378 e. The van der Waals surface area contributed by atoms with E-state index in [4.69, 9.17) is 4.52 Å². The van der Waals surface area contributed by atoms with Crippen LogP contribution < -0.4 is 4.90 Å². The van der Waals surface area contributed by atoms with Crippen molar-refractivity contribution in [1.29, 1.82) is 0 Å². The summed E-state index contributed by atoms with van der Waals surface area (Å²) in [4.78, 5) is 23.7. The van der Waals surface area contributed by atoms with Crippen LogP contribution >= 0.6 is 0 Å². The molecule has 0 radical (unpaired) electrons. The van der Waals surface area contributed by atoms with Gasteiger partial charge in [0.2, 0.25) is 11.7 Å². The maximum absolute atomic E-state index is 12.9. The second-order valence-corrected chi connectivity index (χ2v) is 8.27. The monoisotopic (exact) mass is 419 g/mol. The minimum atomic E-state index is 0.00308. The van der Waals surface area contributed by atoms with Crippen molar-refractivity contribution in [2.24, 2.45) is 0 Å². The highest BCUT2D eigenvalue weighted by Gasteiger charge is 2.28. The van der Waals surface area contributed by atoms with E-state index in [9.17, 15) is 4.79 Å². The molecule has 0 saturated carbocycles. The Morgan fingerprint density at radius 2 is 1.65 bits per heavy atom. The molecule has 1 aliphatic rings. The van der Waals surface area contributed by atoms with Crippen LogP contribution in [0.4, 0.5) is 5.69 Å². The molecule has 0 bridgehead atoms. The number of rotatable bonds is 5. The van der Waals surface area contributed by atoms with Crippen molar-refractivity contribution >= 4 is 11.6 Å². The number of benzene rings is 2. The van der Waals surface area contributed by atoms with Gasteiger partial charge < -0.3 is 14.3 Å². The van der Waals surface area contributed by atoms with Gasteiger partial charge in [0.05, 0.1) is 6.04 Å². The molecule has 3 aromatic rings. The minimum absolute atomic E-state index is 0.00308. The van der Waals surface area contributed by atoms with Crippen LogP contribution in [0.5, 0.6) is 0 Å². The molecule has 4 rings (SSSR count). The summed E-state index contributed by atoms with van der Waals surface area (Å²) in [5, 5.41) is 4.15. The second kappa shape index (κ2) is 8.89. The summed E-state index contributed by atoms with van der Waals surface area (Å²) in [7, 11) is 3.98. The van der Waals surface area contributed by atoms with Gasteiger partial charge in [-0.25, -0.2) is 0 Å². The standard InChI is InChI=1S/C24H29N5O2/c1-17-5-7-19(8-6-17)22-25-23(31-26-22)18(2)28-13-15-29(16-14-28)24(30)20-9-11-21(12-10-20)27(3)4/h5-12,18H,13-16H2,1-4H3. The molecular weight excluding hydrogens is 390 g/mol. The number of anilines is 1. The van der Waals surface area contributed by atoms with E-state index in [0.29, 0.717) is 24.8 Å². The van der Waals surface area contributed by atoms with Crippen molar-refractivity contribution < 1.29 is 9.32 Å². The molecule has 1 aromatic heterocycles. The summed E-state index contributed by atoms with van der Waals surface area (Å²) in [6, 6.07) is 15.9. The number of hydrogen-bond donors (Lipinski definition) is 0. The van der Waals surface area contributed by atoms with E-state index in [1.807, 2.05) is 72.4 Å². The van der Waals surface area contributed by atoms with Gasteiger partial charge >= 0.3 is 0 Å². The third-order valence-corrected chi connectivity index (χ3v) is 5.89. The highest BCUT2D eigenvalue weighted by atomic mass is 16.5. The van der Waals surface area contributed by atoms with Gasteiger partial charge in [0.25, 0.3) is 5.91 Å². The first-order valence-electron chi connectivity index (χ1n) is 10.6. The quantitative estimate of drug-likeness (QED) is 0.629. The number of hydrogen-bond acceptors (Lipinski definition) is 6. The number of piperazine rings is 1. The summed E-state index contributed by atoms with van der Waals surface area (Å²) in [5.41, 5.74) is 3.96. The number of nitrogens with zero attached hydrogens (tertiary/aromatic N) is 5. The molecule has 2 heterocycles. The number of aromatic nitrogens is 2. The zero-order chi connectivity index (χ0) is 22.0. The van der Waals surface area contributed by atoms with E-state index in [1.165, 1.54) is 5.56 Å². The van der Waals surface area contributed by atoms with E-state index in [0.717, 1.165) is 29.9 Å². The highest BCUT2D eigenvalue weighted by Crippen LogP contribution is 2.24. The Labute approximate surface area is 183 Å². The second-order valence-electron chi connectivity index (χ2n) is 8.27. The summed E-state index contributed by atoms with van der Waals surface area (Å²) >= 11 is 0. The molecule has 1 unspecified atom stereocenters. The Hall–Kier alpha value is -3.19. The lowest BCUT2D eigenvalue weighted by Gasteiger charge is -2.36. The van der Waals surface area contributed by atoms with Gasteiger partial charge in [-0.2, -0.15) is 4.98 Å². The summed E-state index contributed by atoms with van der Waals surface area (Å²) < 4.78 is 5.55. The lowest BCUT2D eigenvalue weighted by Crippen LogP contribution is -2.49. The first-order valence-corrected chi connectivity index (χ1v) is 10.6. The smallest absolute Gasteiger partial charge is 0.253 e. The van der Waals surface area contributed by atoms with Gasteiger partial charge in [0.15, 0.2) is 0 Å². The van der Waals surface area contributed by atoms with Crippen molar-refractivity contribution in [3.05, 3.63) is 65.5 Å². The molecule has 1 aliphatic heterocycles. The first kappa shape index (κ1) is 21.1. The average molecular weight is 420 g/mol. The van der Waals surface area contributed by atoms with Crippen LogP contribution in [0.2, 0.25) is 0 Å². The summed E-state index contributed by atoms with van der Waals surface area (Å²) in [6.45, 7) is 7.02. The topological polar surface area (TPSA) is 65.7 Å². The van der Waals surface area contributed by atoms with Crippen LogP contribution in [0.3, 0.4) is 0 Å². The molecule has 1 saturated heterocycles. The number of amides is 1. The maximum Gasteiger partial charge on any atom is 0.253 e. The molecule has 1 atom stereocenters. The summed E-state index contributed by atoms with van der Waals surface area (Å²) in [5.74, 6) is 1.29. The fraction of sp³-hybridized carbons (Fsp3) is 0.375. The Balaban J connectivity index is 1.36. The average Bonchev–Trinajstić information content (AvgIpc) is 3.29. The van der Waals surface area contributed by atoms with E-state index < -0.39 is 0 Å². The van der Waals surface area contributed by atoms with Gasteiger partial charge in [-0.1, -0.05) is 35.0 Å². The van der Waals surface area contributed by atoms with Crippen molar-refractivity contribution in [2.75, 3.05) is 45.2 Å². The molecule has 2 aromatic carbocycles. The van der Waals surface area contributed by atoms with E-state index in [2.05, 4.69) is 28.9 Å². The van der Waals surface area contributed by atoms with Crippen LogP contribution in [0.15, 0.2) is 53.1 Å². The molecule has 7 heteroatoms. The molecule has 7 nitrogen and oxygen atoms in total. The minimum Gasteiger partial charge on any atom is -0.378 e. The normalized spacial score (nSPS) is 15.7. The Bertz CT molecular complexity index is 1020. The van der Waals surface area contributed by atoms with Crippen LogP contribution in [-0.4, -0.2) is 66.1 Å². The Morgan fingerprint density at radius 3 is 2.26 bits per heavy atom. The molecule has 1 amide bonds. The number of aryl methyl sites for hydroxylation is 1. The number of carbonyl (C=O) groups excluding carboxylic acids is 1. The van der Waals surface area contributed by atoms with Crippen molar-refractivity contribution in [2.45, 2.75) is 19.9 Å². The van der Waals surface area contributed by atoms with Gasteiger partial charge in [0, 0.05) is 57.1 Å². The molecular formula is C24H29N5O2. The van der Waals surface area contributed by atoms with E-state index in [1.54, 1.807) is 0 Å². The summed E-state index contributed by atoms with van der Waals surface area (Å²) in [6.07, 6.45) is 0. The zero-order valence-electron chi connectivity index (χ0n) is 18.6. The van der Waals surface area contributed by atoms with Gasteiger partial charge in [-0.05, 0) is 38.1 Å². The SMILES string of the molecule is Cc1ccc(-c2noc(C(C)N3CCN(C(=O)c4ccc(N(C)C)cc4)CC3)n2)cc1. The van der Waals surface area contributed by atoms with Crippen LogP contribution in [0, 0.1) is 6.92 Å². The molecule has 0 N–H and O–H groups in total. The van der Waals surface area contributed by atoms with E-state index >= 15 is 0 Å². The fourth-order valence-electron chi connectivity index (χ4n) is 3.78. The van der Waals surface area contributed by atoms with E-state index in [-0.39, 0.29) is 11.9 Å². The Morgan fingerprint density at radius 1 is 1.00 bits per heavy atom. The Kier molecular flexibility index (Phi) is 6.04. The number of carbonyl (C=O) groups is 1. The van der Waals surface area contributed by atoms with Crippen LogP contribution in [-0.2, 0) is 0 Å². The third-order valence-electron chi connectivity index (χ3n) is 5.89. The predicted octanol–water partition coefficient (Wildman–Crippen LogP) is 3.63. The van der Waals surface area contributed by atoms with Crippen molar-refractivity contribution in [3.8, 4) is 11.4 Å². The maximum atomic E-state index is 12.9. The predicted molar refractivity (Wildman–Crippen MR) is 121 cm³/mol. The van der Waals surface area contributed by atoms with Crippen LogP contribution in [0.1, 0.15) is 34.8 Å². The molecule has 1 fully saturated rings. The lowest BCUT2D eigenvalue weighted by atomic mass is 10.1. The molecule has 0 aliphatic carbocycles. The molecule has 0 spiro atoms. The third kappa shape index (κ3) is 4.61. The van der Waals surface area contributed by atoms with Gasteiger partial charge in [-0.3, -0.25) is 9.69 Å². The van der Waals surface area contributed by atoms with Gasteiger partial charge in [0.1, 0.15) is 0 Å². The van der Waals surface area contributed by atoms with Crippen molar-refractivity contribution in [1.82, 2.24) is 19.9 Å². The lowest BCUT2D eigenvalue weighted by molar-refractivity contribution is 0.0551. The first-order chi connectivity index (χ1) is 14.9. The zero-order valence-corrected chi connectivity index (χ0v) is 18.6. The highest BCUT2D eigenvalue weighted by molar-refractivity contribution is 5.94. The fourth-order valence-corrected chi connectivity index (χ4v) is 3.78. The molecule has 162 valence electrons. The molecule has 31 heavy (non-hydrogen) atoms. The van der Waals surface area contributed by atoms with Crippen molar-refractivity contribution in [3.63, 3.8) is 0 Å².